The van der Waals surface area contributed by atoms with Gasteiger partial charge in [0.05, 0.1) is 34.3 Å². The molecule has 0 saturated heterocycles. The maximum atomic E-state index is 11.3. The molecule has 0 aromatic carbocycles. The Morgan fingerprint density at radius 2 is 1.94 bits per heavy atom. The summed E-state index contributed by atoms with van der Waals surface area (Å²) in [6.07, 6.45) is 1.56. The molecule has 0 atom stereocenters. The molecule has 2 N–H and O–H groups in total. The van der Waals surface area contributed by atoms with Crippen LogP contribution in [0.2, 0.25) is 0 Å². The Labute approximate surface area is 115 Å². The number of nitrogens with zero attached hydrogens (tertiary/aromatic N) is 1. The number of aliphatic hydroxyl groups excluding tert-OH is 1. The van der Waals surface area contributed by atoms with Gasteiger partial charge in [-0.3, -0.25) is 4.79 Å². The first-order chi connectivity index (χ1) is 7.45. The fraction of sp³-hybridized carbons (Fsp3) is 0.909. The maximum Gasteiger partial charge on any atom is 0.220 e. The Balaban J connectivity index is 0. The highest BCUT2D eigenvalue weighted by Gasteiger charge is 2.06. The van der Waals surface area contributed by atoms with Crippen molar-refractivity contribution in [1.29, 1.82) is 0 Å². The summed E-state index contributed by atoms with van der Waals surface area (Å²) in [6, 6.07) is 0. The van der Waals surface area contributed by atoms with Crippen molar-refractivity contribution >= 4 is 17.7 Å². The molecule has 17 heavy (non-hydrogen) atoms. The van der Waals surface area contributed by atoms with Gasteiger partial charge < -0.3 is 27.3 Å². The van der Waals surface area contributed by atoms with E-state index in [1.54, 1.807) is 11.8 Å². The van der Waals surface area contributed by atoms with Gasteiger partial charge >= 0.3 is 0 Å². The lowest BCUT2D eigenvalue weighted by atomic mass is 10.3. The zero-order valence-electron chi connectivity index (χ0n) is 11.0. The summed E-state index contributed by atoms with van der Waals surface area (Å²) in [5.74, 6) is 1.63. The first kappa shape index (κ1) is 19.4. The molecule has 0 aliphatic carbocycles. The van der Waals surface area contributed by atoms with Crippen molar-refractivity contribution in [2.45, 2.75) is 12.8 Å². The topological polar surface area (TPSA) is 49.3 Å². The predicted molar refractivity (Wildman–Crippen MR) is 69.6 cm³/mol. The summed E-state index contributed by atoms with van der Waals surface area (Å²) in [5.41, 5.74) is 0. The van der Waals surface area contributed by atoms with E-state index < -0.39 is 0 Å². The molecule has 0 aliphatic heterocycles. The third-order valence-corrected chi connectivity index (χ3v) is 3.00. The zero-order valence-corrected chi connectivity index (χ0v) is 12.6. The zero-order chi connectivity index (χ0) is 12.4. The number of nitrogens with one attached hydrogen (secondary N) is 1. The number of amides is 1. The van der Waals surface area contributed by atoms with E-state index in [-0.39, 0.29) is 24.9 Å². The van der Waals surface area contributed by atoms with Gasteiger partial charge in [0, 0.05) is 30.9 Å². The Bertz CT molecular complexity index is 198. The standard InChI is InChI=1S/C11H24N2O2S.ClH/c1-13(2,3)7-4-6-12-11(15)5-9-16-10-8-14;/h14H,4-10H2,1-3H3;1H. The summed E-state index contributed by atoms with van der Waals surface area (Å²) in [6.45, 7) is 2.02. The van der Waals surface area contributed by atoms with Crippen LogP contribution < -0.4 is 17.7 Å². The van der Waals surface area contributed by atoms with E-state index >= 15 is 0 Å². The second kappa shape index (κ2) is 11.1. The van der Waals surface area contributed by atoms with E-state index in [9.17, 15) is 4.79 Å². The predicted octanol–water partition coefficient (Wildman–Crippen LogP) is -2.68. The molecule has 0 radical (unpaired) electrons. The number of rotatable bonds is 9. The summed E-state index contributed by atoms with van der Waals surface area (Å²) >= 11 is 1.61. The van der Waals surface area contributed by atoms with E-state index in [0.717, 1.165) is 35.5 Å². The molecule has 0 aromatic rings. The Morgan fingerprint density at radius 1 is 1.29 bits per heavy atom. The number of thioether (sulfide) groups is 1. The monoisotopic (exact) mass is 284 g/mol. The first-order valence-electron chi connectivity index (χ1n) is 5.71. The van der Waals surface area contributed by atoms with Crippen molar-refractivity contribution in [2.24, 2.45) is 0 Å². The molecule has 1 amide bonds. The Kier molecular flexibility index (Phi) is 12.7. The van der Waals surface area contributed by atoms with Crippen LogP contribution in [0.5, 0.6) is 0 Å². The van der Waals surface area contributed by atoms with E-state index in [1.807, 2.05) is 0 Å². The minimum Gasteiger partial charge on any atom is -1.00 e. The summed E-state index contributed by atoms with van der Waals surface area (Å²) in [7, 11) is 6.44. The van der Waals surface area contributed by atoms with Crippen LogP contribution in [0.1, 0.15) is 12.8 Å². The molecule has 6 heteroatoms. The average molecular weight is 285 g/mol. The van der Waals surface area contributed by atoms with Crippen LogP contribution in [-0.4, -0.2) is 67.8 Å². The number of carbonyl (C=O) groups excluding carboxylic acids is 1. The number of carbonyl (C=O) groups is 1. The highest BCUT2D eigenvalue weighted by atomic mass is 35.5. The maximum absolute atomic E-state index is 11.3. The lowest BCUT2D eigenvalue weighted by molar-refractivity contribution is -0.870. The normalized spacial score (nSPS) is 10.8. The van der Waals surface area contributed by atoms with Crippen molar-refractivity contribution in [3.63, 3.8) is 0 Å². The highest BCUT2D eigenvalue weighted by molar-refractivity contribution is 7.99. The summed E-state index contributed by atoms with van der Waals surface area (Å²) in [4.78, 5) is 11.3. The van der Waals surface area contributed by atoms with E-state index in [1.165, 1.54) is 0 Å². The van der Waals surface area contributed by atoms with Crippen molar-refractivity contribution in [1.82, 2.24) is 5.32 Å². The lowest BCUT2D eigenvalue weighted by Crippen LogP contribution is -3.00. The van der Waals surface area contributed by atoms with Crippen LogP contribution in [0.25, 0.3) is 0 Å². The van der Waals surface area contributed by atoms with Gasteiger partial charge in [-0.2, -0.15) is 11.8 Å². The first-order valence-corrected chi connectivity index (χ1v) is 6.87. The van der Waals surface area contributed by atoms with Crippen LogP contribution in [0.4, 0.5) is 0 Å². The van der Waals surface area contributed by atoms with Gasteiger partial charge in [-0.05, 0) is 0 Å². The van der Waals surface area contributed by atoms with Gasteiger partial charge in [-0.15, -0.1) is 0 Å². The van der Waals surface area contributed by atoms with Gasteiger partial charge in [0.1, 0.15) is 0 Å². The second-order valence-corrected chi connectivity index (χ2v) is 6.03. The molecule has 0 bridgehead atoms. The van der Waals surface area contributed by atoms with Gasteiger partial charge in [0.2, 0.25) is 5.91 Å². The molecule has 0 aromatic heterocycles. The number of aliphatic hydroxyl groups is 1. The van der Waals surface area contributed by atoms with Crippen LogP contribution in [0, 0.1) is 0 Å². The van der Waals surface area contributed by atoms with Gasteiger partial charge in [-0.25, -0.2) is 0 Å². The molecule has 0 heterocycles. The molecule has 0 unspecified atom stereocenters. The van der Waals surface area contributed by atoms with Crippen molar-refractivity contribution in [3.05, 3.63) is 0 Å². The molecule has 0 saturated carbocycles. The van der Waals surface area contributed by atoms with E-state index in [0.29, 0.717) is 6.42 Å². The Hall–Kier alpha value is 0.0300. The molecular weight excluding hydrogens is 260 g/mol. The second-order valence-electron chi connectivity index (χ2n) is 4.80. The van der Waals surface area contributed by atoms with Crippen LogP contribution in [0.3, 0.4) is 0 Å². The third-order valence-electron chi connectivity index (χ3n) is 2.04. The third kappa shape index (κ3) is 16.0. The van der Waals surface area contributed by atoms with Gasteiger partial charge in [-0.1, -0.05) is 0 Å². The van der Waals surface area contributed by atoms with E-state index in [2.05, 4.69) is 26.5 Å². The average Bonchev–Trinajstić information content (AvgIpc) is 2.18. The Morgan fingerprint density at radius 3 is 2.47 bits per heavy atom. The fourth-order valence-electron chi connectivity index (χ4n) is 1.20. The minimum atomic E-state index is 0. The smallest absolute Gasteiger partial charge is 0.220 e. The molecule has 0 aliphatic rings. The van der Waals surface area contributed by atoms with Crippen LogP contribution in [-0.2, 0) is 4.79 Å². The molecule has 0 spiro atoms. The number of hydrogen-bond donors (Lipinski definition) is 2. The molecule has 0 rings (SSSR count). The minimum absolute atomic E-state index is 0. The van der Waals surface area contributed by atoms with Crippen LogP contribution in [0.15, 0.2) is 0 Å². The fourth-order valence-corrected chi connectivity index (χ4v) is 1.86. The number of quaternary nitrogens is 1. The SMILES string of the molecule is C[N+](C)(C)CCCNC(=O)CCSCCO.[Cl-]. The quantitative estimate of drug-likeness (QED) is 0.358. The number of halogens is 1. The molecule has 4 nitrogen and oxygen atoms in total. The van der Waals surface area contributed by atoms with Crippen molar-refractivity contribution in [3.8, 4) is 0 Å². The number of hydrogen-bond acceptors (Lipinski definition) is 3. The largest absolute Gasteiger partial charge is 1.00 e. The van der Waals surface area contributed by atoms with Gasteiger partial charge in [0.15, 0.2) is 0 Å². The van der Waals surface area contributed by atoms with Crippen molar-refractivity contribution < 1.29 is 26.8 Å². The summed E-state index contributed by atoms with van der Waals surface area (Å²) < 4.78 is 0.933. The molecule has 104 valence electrons. The van der Waals surface area contributed by atoms with Crippen molar-refractivity contribution in [2.75, 3.05) is 52.3 Å². The highest BCUT2D eigenvalue weighted by Crippen LogP contribution is 2.00. The van der Waals surface area contributed by atoms with E-state index in [4.69, 9.17) is 5.11 Å². The molecular formula is C11H25ClN2O2S. The lowest BCUT2D eigenvalue weighted by Gasteiger charge is -2.23. The summed E-state index contributed by atoms with van der Waals surface area (Å²) in [5, 5.41) is 11.5. The van der Waals surface area contributed by atoms with Gasteiger partial charge in [0.25, 0.3) is 0 Å². The molecule has 0 fully saturated rings. The van der Waals surface area contributed by atoms with Crippen LogP contribution >= 0.6 is 11.8 Å².